The van der Waals surface area contributed by atoms with E-state index in [1.54, 1.807) is 29.8 Å². The van der Waals surface area contributed by atoms with Crippen LogP contribution in [0.4, 0.5) is 0 Å². The lowest BCUT2D eigenvalue weighted by atomic mass is 9.93. The molecule has 11 heteroatoms. The Morgan fingerprint density at radius 2 is 1.78 bits per heavy atom. The number of hydrogen-bond donors (Lipinski definition) is 2. The van der Waals surface area contributed by atoms with Crippen molar-refractivity contribution in [2.45, 2.75) is 59.1 Å². The molecule has 1 fully saturated rings. The van der Waals surface area contributed by atoms with E-state index < -0.39 is 0 Å². The van der Waals surface area contributed by atoms with E-state index in [-0.39, 0.29) is 12.7 Å². The summed E-state index contributed by atoms with van der Waals surface area (Å²) in [4.78, 5) is 10.8. The van der Waals surface area contributed by atoms with Crippen molar-refractivity contribution in [1.82, 2.24) is 20.2 Å². The smallest absolute Gasteiger partial charge is 0.142 e. The van der Waals surface area contributed by atoms with Gasteiger partial charge in [0.1, 0.15) is 41.5 Å². The number of rotatable bonds is 16. The number of likely N-dealkylation sites (tertiary alicyclic amines) is 1. The molecule has 264 valence electrons. The average molecular weight is 724 g/mol. The van der Waals surface area contributed by atoms with E-state index in [1.165, 1.54) is 6.20 Å². The molecule has 0 saturated carbocycles. The SMILES string of the molecule is Cc1c(COc2cc(OCc3cncc(C#N)c3)c(CNCc3nccs3)cc2Cl)cccc1-c1cccc(OCCCN2CCC(O)C2)c1C. The number of nitrogens with one attached hydrogen (secondary N) is 1. The van der Waals surface area contributed by atoms with Crippen molar-refractivity contribution in [2.24, 2.45) is 0 Å². The third-order valence-electron chi connectivity index (χ3n) is 9.04. The topological polar surface area (TPSA) is 113 Å². The molecule has 1 aliphatic heterocycles. The molecule has 9 nitrogen and oxygen atoms in total. The number of thiazole rings is 1. The number of nitriles is 1. The molecule has 3 heterocycles. The Bertz CT molecular complexity index is 1970. The van der Waals surface area contributed by atoms with Gasteiger partial charge in [-0.15, -0.1) is 11.3 Å². The van der Waals surface area contributed by atoms with Crippen LogP contribution in [0.3, 0.4) is 0 Å². The number of halogens is 1. The lowest BCUT2D eigenvalue weighted by Crippen LogP contribution is -2.24. The van der Waals surface area contributed by atoms with Gasteiger partial charge in [0.25, 0.3) is 0 Å². The predicted octanol–water partition coefficient (Wildman–Crippen LogP) is 7.63. The molecule has 3 aromatic carbocycles. The maximum Gasteiger partial charge on any atom is 0.142 e. The van der Waals surface area contributed by atoms with Crippen LogP contribution >= 0.6 is 22.9 Å². The number of pyridine rings is 1. The second kappa shape index (κ2) is 17.6. The zero-order valence-corrected chi connectivity index (χ0v) is 30.5. The number of hydrogen-bond acceptors (Lipinski definition) is 10. The summed E-state index contributed by atoms with van der Waals surface area (Å²) >= 11 is 8.41. The van der Waals surface area contributed by atoms with Crippen LogP contribution in [0, 0.1) is 25.2 Å². The number of aromatic nitrogens is 2. The van der Waals surface area contributed by atoms with Gasteiger partial charge < -0.3 is 29.5 Å². The van der Waals surface area contributed by atoms with Gasteiger partial charge in [0.2, 0.25) is 0 Å². The molecule has 0 aliphatic carbocycles. The summed E-state index contributed by atoms with van der Waals surface area (Å²) < 4.78 is 18.9. The van der Waals surface area contributed by atoms with Crippen LogP contribution in [0.1, 0.15) is 51.2 Å². The van der Waals surface area contributed by atoms with Crippen molar-refractivity contribution < 1.29 is 19.3 Å². The first-order valence-corrected chi connectivity index (χ1v) is 18.4. The largest absolute Gasteiger partial charge is 0.493 e. The maximum atomic E-state index is 9.79. The summed E-state index contributed by atoms with van der Waals surface area (Å²) in [7, 11) is 0. The van der Waals surface area contributed by atoms with Crippen molar-refractivity contribution in [3.8, 4) is 34.4 Å². The lowest BCUT2D eigenvalue weighted by molar-refractivity contribution is 0.173. The Morgan fingerprint density at radius 1 is 0.961 bits per heavy atom. The molecule has 2 aromatic heterocycles. The van der Waals surface area contributed by atoms with Gasteiger partial charge in [0.05, 0.1) is 23.3 Å². The Morgan fingerprint density at radius 3 is 2.57 bits per heavy atom. The first-order valence-electron chi connectivity index (χ1n) is 17.1. The number of β-amino-alcohol motifs (C(OH)–C–C–N with tert-alkyl or cyclic N) is 1. The van der Waals surface area contributed by atoms with Crippen molar-refractivity contribution in [3.63, 3.8) is 0 Å². The fourth-order valence-electron chi connectivity index (χ4n) is 6.23. The minimum Gasteiger partial charge on any atom is -0.493 e. The summed E-state index contributed by atoms with van der Waals surface area (Å²) in [5.41, 5.74) is 7.62. The number of nitrogens with zero attached hydrogens (tertiary/aromatic N) is 4. The molecule has 1 unspecified atom stereocenters. The van der Waals surface area contributed by atoms with E-state index in [9.17, 15) is 10.4 Å². The Labute approximate surface area is 308 Å². The standard InChI is InChI=1S/C40H42ClN5O4S/c1-27-31(6-3-7-34(27)35-8-4-9-37(28(35)2)48-14-5-12-46-13-10-33(47)24-46)26-50-39-18-38(49-25-30-16-29(19-42)20-43-21-30)32(17-36(39)41)22-44-23-40-45-11-15-51-40/h3-4,6-9,11,15-18,20-21,33,44,47H,5,10,12-14,22-26H2,1-2H3. The Balaban J connectivity index is 1.15. The minimum atomic E-state index is -0.200. The lowest BCUT2D eigenvalue weighted by Gasteiger charge is -2.19. The summed E-state index contributed by atoms with van der Waals surface area (Å²) in [6.45, 7) is 9.15. The molecule has 0 amide bonds. The van der Waals surface area contributed by atoms with Crippen molar-refractivity contribution >= 4 is 22.9 Å². The normalized spacial score (nSPS) is 14.4. The maximum absolute atomic E-state index is 9.79. The molecule has 1 atom stereocenters. The van der Waals surface area contributed by atoms with Crippen LogP contribution in [-0.2, 0) is 26.3 Å². The number of aliphatic hydroxyl groups is 1. The van der Waals surface area contributed by atoms with Gasteiger partial charge in [0, 0.05) is 73.9 Å². The highest BCUT2D eigenvalue weighted by molar-refractivity contribution is 7.09. The van der Waals surface area contributed by atoms with Gasteiger partial charge in [-0.3, -0.25) is 4.98 Å². The Hall–Kier alpha value is -4.50. The van der Waals surface area contributed by atoms with Gasteiger partial charge in [-0.1, -0.05) is 41.9 Å². The second-order valence-electron chi connectivity index (χ2n) is 12.7. The number of benzene rings is 3. The number of ether oxygens (including phenoxy) is 3. The monoisotopic (exact) mass is 723 g/mol. The van der Waals surface area contributed by atoms with Crippen LogP contribution in [0.5, 0.6) is 17.2 Å². The van der Waals surface area contributed by atoms with E-state index in [1.807, 2.05) is 29.6 Å². The molecule has 5 aromatic rings. The molecule has 51 heavy (non-hydrogen) atoms. The second-order valence-corrected chi connectivity index (χ2v) is 14.0. The minimum absolute atomic E-state index is 0.200. The fourth-order valence-corrected chi connectivity index (χ4v) is 7.05. The zero-order valence-electron chi connectivity index (χ0n) is 28.9. The van der Waals surface area contributed by atoms with E-state index in [0.717, 1.165) is 82.2 Å². The molecule has 2 N–H and O–H groups in total. The highest BCUT2D eigenvalue weighted by atomic mass is 35.5. The third-order valence-corrected chi connectivity index (χ3v) is 10.1. The van der Waals surface area contributed by atoms with Crippen LogP contribution in [0.15, 0.2) is 78.6 Å². The Kier molecular flexibility index (Phi) is 12.5. The van der Waals surface area contributed by atoms with Gasteiger partial charge in [0.15, 0.2) is 0 Å². The van der Waals surface area contributed by atoms with E-state index in [0.29, 0.717) is 48.4 Å². The molecule has 1 aliphatic rings. The van der Waals surface area contributed by atoms with Gasteiger partial charge in [-0.2, -0.15) is 5.26 Å². The van der Waals surface area contributed by atoms with Gasteiger partial charge in [-0.05, 0) is 72.7 Å². The van der Waals surface area contributed by atoms with E-state index in [2.05, 4.69) is 64.4 Å². The summed E-state index contributed by atoms with van der Waals surface area (Å²) in [6, 6.07) is 20.0. The molecule has 0 radical (unpaired) electrons. The number of aliphatic hydroxyl groups excluding tert-OH is 1. The van der Waals surface area contributed by atoms with Crippen molar-refractivity contribution in [3.05, 3.63) is 122 Å². The van der Waals surface area contributed by atoms with Crippen LogP contribution in [-0.4, -0.2) is 52.3 Å². The fraction of sp³-hybridized carbons (Fsp3) is 0.325. The zero-order chi connectivity index (χ0) is 35.6. The van der Waals surface area contributed by atoms with Gasteiger partial charge >= 0.3 is 0 Å². The van der Waals surface area contributed by atoms with E-state index in [4.69, 9.17) is 25.8 Å². The first-order chi connectivity index (χ1) is 24.9. The molecule has 0 spiro atoms. The summed E-state index contributed by atoms with van der Waals surface area (Å²) in [5, 5.41) is 25.9. The molecule has 1 saturated heterocycles. The van der Waals surface area contributed by atoms with Crippen molar-refractivity contribution in [2.75, 3.05) is 26.2 Å². The highest BCUT2D eigenvalue weighted by Gasteiger charge is 2.20. The van der Waals surface area contributed by atoms with Crippen LogP contribution < -0.4 is 19.5 Å². The molecule has 0 bridgehead atoms. The van der Waals surface area contributed by atoms with Crippen LogP contribution in [0.25, 0.3) is 11.1 Å². The average Bonchev–Trinajstić information content (AvgIpc) is 3.82. The van der Waals surface area contributed by atoms with E-state index >= 15 is 0 Å². The molecular formula is C40H42ClN5O4S. The highest BCUT2D eigenvalue weighted by Crippen LogP contribution is 2.36. The van der Waals surface area contributed by atoms with Gasteiger partial charge in [-0.25, -0.2) is 4.98 Å². The molecule has 6 rings (SSSR count). The first kappa shape index (κ1) is 36.3. The third kappa shape index (κ3) is 9.64. The van der Waals surface area contributed by atoms with Crippen LogP contribution in [0.2, 0.25) is 5.02 Å². The summed E-state index contributed by atoms with van der Waals surface area (Å²) in [5.74, 6) is 2.02. The molecular weight excluding hydrogens is 682 g/mol. The van der Waals surface area contributed by atoms with Crippen molar-refractivity contribution in [1.29, 1.82) is 5.26 Å². The quantitative estimate of drug-likeness (QED) is 0.0993. The summed E-state index contributed by atoms with van der Waals surface area (Å²) in [6.07, 6.45) is 6.57. The predicted molar refractivity (Wildman–Crippen MR) is 200 cm³/mol.